The molecule has 0 spiro atoms. The number of epoxide rings is 1. The van der Waals surface area contributed by atoms with Crippen LogP contribution in [0, 0.1) is 6.92 Å². The van der Waals surface area contributed by atoms with E-state index in [0.717, 1.165) is 0 Å². The lowest BCUT2D eigenvalue weighted by Crippen LogP contribution is -1.89. The summed E-state index contributed by atoms with van der Waals surface area (Å²) in [6, 6.07) is 0. The zero-order valence-electron chi connectivity index (χ0n) is 8.22. The third-order valence-electron chi connectivity index (χ3n) is 2.53. The van der Waals surface area contributed by atoms with Gasteiger partial charge in [-0.3, -0.25) is 0 Å². The maximum atomic E-state index is 5.23. The first-order chi connectivity index (χ1) is 5.84. The van der Waals surface area contributed by atoms with Crippen molar-refractivity contribution >= 4 is 0 Å². The number of unbranched alkanes of at least 4 members (excludes halogenated alkanes) is 5. The Morgan fingerprint density at radius 2 is 1.67 bits per heavy atom. The summed E-state index contributed by atoms with van der Waals surface area (Å²) in [4.78, 5) is 0. The van der Waals surface area contributed by atoms with E-state index in [1.807, 2.05) is 0 Å². The molecule has 0 amide bonds. The monoisotopic (exact) mass is 169 g/mol. The van der Waals surface area contributed by atoms with Crippen LogP contribution in [0.3, 0.4) is 0 Å². The van der Waals surface area contributed by atoms with Crippen molar-refractivity contribution in [3.05, 3.63) is 6.92 Å². The SMILES string of the molecule is [CH2]C1OC1CCCCCCCC. The predicted octanol–water partition coefficient (Wildman–Crippen LogP) is 3.34. The highest BCUT2D eigenvalue weighted by molar-refractivity contribution is 4.86. The molecule has 1 heteroatoms. The van der Waals surface area contributed by atoms with Crippen LogP contribution in [0.4, 0.5) is 0 Å². The summed E-state index contributed by atoms with van der Waals surface area (Å²) in [7, 11) is 0. The first kappa shape index (κ1) is 10.0. The van der Waals surface area contributed by atoms with Crippen LogP contribution in [0.25, 0.3) is 0 Å². The highest BCUT2D eigenvalue weighted by Crippen LogP contribution is 2.26. The lowest BCUT2D eigenvalue weighted by molar-refractivity contribution is 0.372. The first-order valence-corrected chi connectivity index (χ1v) is 5.33. The van der Waals surface area contributed by atoms with Gasteiger partial charge in [0, 0.05) is 0 Å². The van der Waals surface area contributed by atoms with Gasteiger partial charge in [0.05, 0.1) is 12.2 Å². The maximum absolute atomic E-state index is 5.23. The van der Waals surface area contributed by atoms with Gasteiger partial charge in [-0.15, -0.1) is 0 Å². The molecular formula is C11H21O. The minimum Gasteiger partial charge on any atom is -0.370 e. The summed E-state index contributed by atoms with van der Waals surface area (Å²) in [6.07, 6.45) is 10.3. The Kier molecular flexibility index (Phi) is 4.67. The van der Waals surface area contributed by atoms with Crippen molar-refractivity contribution in [3.8, 4) is 0 Å². The Morgan fingerprint density at radius 3 is 2.25 bits per heavy atom. The molecule has 0 N–H and O–H groups in total. The molecule has 2 unspecified atom stereocenters. The largest absolute Gasteiger partial charge is 0.370 e. The summed E-state index contributed by atoms with van der Waals surface area (Å²) < 4.78 is 5.23. The molecule has 1 fully saturated rings. The molecule has 0 aliphatic carbocycles. The fourth-order valence-electron chi connectivity index (χ4n) is 1.56. The third kappa shape index (κ3) is 4.10. The number of hydrogen-bond acceptors (Lipinski definition) is 1. The van der Waals surface area contributed by atoms with Crippen LogP contribution in [0.1, 0.15) is 51.9 Å². The Morgan fingerprint density at radius 1 is 1.08 bits per heavy atom. The summed E-state index contributed by atoms with van der Waals surface area (Å²) >= 11 is 0. The first-order valence-electron chi connectivity index (χ1n) is 5.33. The summed E-state index contributed by atoms with van der Waals surface area (Å²) in [6.45, 7) is 6.09. The zero-order chi connectivity index (χ0) is 8.81. The molecule has 0 saturated carbocycles. The predicted molar refractivity (Wildman–Crippen MR) is 52.0 cm³/mol. The van der Waals surface area contributed by atoms with Gasteiger partial charge in [-0.25, -0.2) is 0 Å². The van der Waals surface area contributed by atoms with Gasteiger partial charge >= 0.3 is 0 Å². The van der Waals surface area contributed by atoms with Gasteiger partial charge < -0.3 is 4.74 Å². The number of ether oxygens (including phenoxy) is 1. The average molecular weight is 169 g/mol. The van der Waals surface area contributed by atoms with Gasteiger partial charge in [0.1, 0.15) is 0 Å². The van der Waals surface area contributed by atoms with Crippen molar-refractivity contribution in [2.75, 3.05) is 0 Å². The highest BCUT2D eigenvalue weighted by Gasteiger charge is 2.32. The molecule has 0 aromatic heterocycles. The normalized spacial score (nSPS) is 27.5. The topological polar surface area (TPSA) is 12.5 Å². The fraction of sp³-hybridized carbons (Fsp3) is 0.909. The molecule has 71 valence electrons. The summed E-state index contributed by atoms with van der Waals surface area (Å²) in [5, 5.41) is 0. The molecule has 1 nitrogen and oxygen atoms in total. The Labute approximate surface area is 76.5 Å². The second-order valence-electron chi connectivity index (χ2n) is 3.77. The Hall–Kier alpha value is -0.0400. The lowest BCUT2D eigenvalue weighted by atomic mass is 10.1. The van der Waals surface area contributed by atoms with Crippen molar-refractivity contribution in [1.82, 2.24) is 0 Å². The second-order valence-corrected chi connectivity index (χ2v) is 3.77. The molecule has 1 aliphatic rings. The van der Waals surface area contributed by atoms with Gasteiger partial charge in [-0.2, -0.15) is 0 Å². The van der Waals surface area contributed by atoms with E-state index >= 15 is 0 Å². The van der Waals surface area contributed by atoms with Gasteiger partial charge in [-0.1, -0.05) is 45.4 Å². The molecule has 1 heterocycles. The lowest BCUT2D eigenvalue weighted by Gasteiger charge is -1.98. The van der Waals surface area contributed by atoms with Crippen LogP contribution in [0.5, 0.6) is 0 Å². The molecule has 0 bridgehead atoms. The van der Waals surface area contributed by atoms with Crippen LogP contribution in [0.15, 0.2) is 0 Å². The number of hydrogen-bond donors (Lipinski definition) is 0. The number of rotatable bonds is 7. The van der Waals surface area contributed by atoms with E-state index in [9.17, 15) is 0 Å². The van der Waals surface area contributed by atoms with E-state index in [1.54, 1.807) is 0 Å². The van der Waals surface area contributed by atoms with Gasteiger partial charge in [0.15, 0.2) is 0 Å². The summed E-state index contributed by atoms with van der Waals surface area (Å²) in [5.74, 6) is 0. The van der Waals surface area contributed by atoms with E-state index in [1.165, 1.54) is 44.9 Å². The van der Waals surface area contributed by atoms with Crippen molar-refractivity contribution in [1.29, 1.82) is 0 Å². The van der Waals surface area contributed by atoms with Crippen molar-refractivity contribution in [2.45, 2.75) is 64.1 Å². The minimum absolute atomic E-state index is 0.320. The van der Waals surface area contributed by atoms with E-state index in [2.05, 4.69) is 13.8 Å². The summed E-state index contributed by atoms with van der Waals surface area (Å²) in [5.41, 5.74) is 0. The molecular weight excluding hydrogens is 148 g/mol. The highest BCUT2D eigenvalue weighted by atomic mass is 16.6. The standard InChI is InChI=1S/C11H21O/c1-3-4-5-6-7-8-9-11-10(2)12-11/h10-11H,2-9H2,1H3. The van der Waals surface area contributed by atoms with Crippen LogP contribution < -0.4 is 0 Å². The molecule has 1 aliphatic heterocycles. The van der Waals surface area contributed by atoms with E-state index in [0.29, 0.717) is 12.2 Å². The van der Waals surface area contributed by atoms with Crippen molar-refractivity contribution < 1.29 is 4.74 Å². The quantitative estimate of drug-likeness (QED) is 0.420. The van der Waals surface area contributed by atoms with Crippen LogP contribution in [0.2, 0.25) is 0 Å². The Balaban J connectivity index is 1.72. The van der Waals surface area contributed by atoms with E-state index < -0.39 is 0 Å². The third-order valence-corrected chi connectivity index (χ3v) is 2.53. The van der Waals surface area contributed by atoms with Gasteiger partial charge in [-0.05, 0) is 13.3 Å². The average Bonchev–Trinajstić information content (AvgIpc) is 2.74. The Bertz CT molecular complexity index is 112. The molecule has 0 aromatic carbocycles. The maximum Gasteiger partial charge on any atom is 0.0842 e. The van der Waals surface area contributed by atoms with Gasteiger partial charge in [0.2, 0.25) is 0 Å². The molecule has 1 radical (unpaired) electrons. The van der Waals surface area contributed by atoms with Crippen molar-refractivity contribution in [2.24, 2.45) is 0 Å². The molecule has 1 rings (SSSR count). The van der Waals surface area contributed by atoms with Gasteiger partial charge in [0.25, 0.3) is 0 Å². The zero-order valence-corrected chi connectivity index (χ0v) is 8.22. The smallest absolute Gasteiger partial charge is 0.0842 e. The van der Waals surface area contributed by atoms with Crippen LogP contribution >= 0.6 is 0 Å². The fourth-order valence-corrected chi connectivity index (χ4v) is 1.56. The second kappa shape index (κ2) is 5.58. The van der Waals surface area contributed by atoms with E-state index in [-0.39, 0.29) is 0 Å². The van der Waals surface area contributed by atoms with Crippen LogP contribution in [-0.4, -0.2) is 12.2 Å². The molecule has 0 aromatic rings. The minimum atomic E-state index is 0.320. The van der Waals surface area contributed by atoms with Crippen molar-refractivity contribution in [3.63, 3.8) is 0 Å². The molecule has 12 heavy (non-hydrogen) atoms. The molecule has 2 atom stereocenters. The van der Waals surface area contributed by atoms with Crippen LogP contribution in [-0.2, 0) is 4.74 Å². The van der Waals surface area contributed by atoms with E-state index in [4.69, 9.17) is 4.74 Å². The molecule has 1 saturated heterocycles.